The van der Waals surface area contributed by atoms with Crippen molar-refractivity contribution in [2.45, 2.75) is 25.3 Å². The second-order valence-corrected chi connectivity index (χ2v) is 3.04. The van der Waals surface area contributed by atoms with E-state index in [2.05, 4.69) is 10.6 Å². The van der Waals surface area contributed by atoms with Crippen LogP contribution in [0.5, 0.6) is 0 Å². The van der Waals surface area contributed by atoms with Crippen molar-refractivity contribution in [3.8, 4) is 0 Å². The van der Waals surface area contributed by atoms with Gasteiger partial charge in [-0.2, -0.15) is 0 Å². The molecule has 1 amide bonds. The molecule has 1 unspecified atom stereocenters. The van der Waals surface area contributed by atoms with Gasteiger partial charge in [-0.25, -0.2) is 0 Å². The van der Waals surface area contributed by atoms with Crippen LogP contribution in [0.1, 0.15) is 19.3 Å². The highest BCUT2D eigenvalue weighted by Gasteiger charge is 2.16. The molecule has 0 aromatic rings. The average Bonchev–Trinajstić information content (AvgIpc) is 2.09. The molecule has 0 aromatic heterocycles. The summed E-state index contributed by atoms with van der Waals surface area (Å²) in [5, 5.41) is 5.95. The third-order valence-electron chi connectivity index (χ3n) is 2.01. The van der Waals surface area contributed by atoms with Gasteiger partial charge in [0.25, 0.3) is 0 Å². The second-order valence-electron chi connectivity index (χ2n) is 3.04. The van der Waals surface area contributed by atoms with E-state index in [1.54, 1.807) is 0 Å². The fourth-order valence-corrected chi connectivity index (χ4v) is 1.28. The third-order valence-corrected chi connectivity index (χ3v) is 2.01. The Balaban J connectivity index is 2.05. The number of hydrogen-bond donors (Lipinski definition) is 2. The third kappa shape index (κ3) is 3.17. The Morgan fingerprint density at radius 2 is 2.50 bits per heavy atom. The van der Waals surface area contributed by atoms with E-state index in [-0.39, 0.29) is 12.6 Å². The summed E-state index contributed by atoms with van der Waals surface area (Å²) in [5.74, 6) is 0.124. The van der Waals surface area contributed by atoms with Crippen LogP contribution in [0.3, 0.4) is 0 Å². The van der Waals surface area contributed by atoms with Crippen LogP contribution in [-0.2, 0) is 4.79 Å². The smallest absolute Gasteiger partial charge is 0.220 e. The van der Waals surface area contributed by atoms with E-state index in [0.717, 1.165) is 6.42 Å². The summed E-state index contributed by atoms with van der Waals surface area (Å²) in [5.41, 5.74) is 0. The molecule has 0 radical (unpaired) electrons. The molecule has 1 aliphatic heterocycles. The highest BCUT2D eigenvalue weighted by atomic mass is 19.1. The summed E-state index contributed by atoms with van der Waals surface area (Å²) in [7, 11) is 0. The molecule has 1 rings (SSSR count). The lowest BCUT2D eigenvalue weighted by Crippen LogP contribution is -2.45. The van der Waals surface area contributed by atoms with Crippen molar-refractivity contribution in [2.75, 3.05) is 19.8 Å². The number of halogens is 1. The first-order valence-corrected chi connectivity index (χ1v) is 4.39. The van der Waals surface area contributed by atoms with E-state index >= 15 is 0 Å². The van der Waals surface area contributed by atoms with Gasteiger partial charge < -0.3 is 10.6 Å². The topological polar surface area (TPSA) is 41.1 Å². The van der Waals surface area contributed by atoms with Gasteiger partial charge in [-0.1, -0.05) is 0 Å². The summed E-state index contributed by atoms with van der Waals surface area (Å²) in [6.07, 6.45) is 2.02. The van der Waals surface area contributed by atoms with Gasteiger partial charge in [0.1, 0.15) is 0 Å². The molecular weight excluding hydrogens is 159 g/mol. The molecule has 0 aromatic carbocycles. The van der Waals surface area contributed by atoms with Crippen molar-refractivity contribution in [3.63, 3.8) is 0 Å². The van der Waals surface area contributed by atoms with E-state index < -0.39 is 0 Å². The Morgan fingerprint density at radius 3 is 3.08 bits per heavy atom. The molecule has 70 valence electrons. The molecule has 2 N–H and O–H groups in total. The summed E-state index contributed by atoms with van der Waals surface area (Å²) >= 11 is 0. The number of nitrogens with one attached hydrogen (secondary N) is 2. The van der Waals surface area contributed by atoms with Crippen LogP contribution in [0.2, 0.25) is 0 Å². The summed E-state index contributed by atoms with van der Waals surface area (Å²) < 4.78 is 11.7. The molecule has 1 saturated heterocycles. The van der Waals surface area contributed by atoms with Gasteiger partial charge in [0, 0.05) is 19.0 Å². The fraction of sp³-hybridized carbons (Fsp3) is 0.875. The molecule has 0 spiro atoms. The molecule has 0 bridgehead atoms. The maximum absolute atomic E-state index is 11.7. The Morgan fingerprint density at radius 1 is 1.67 bits per heavy atom. The molecule has 1 fully saturated rings. The lowest BCUT2D eigenvalue weighted by atomic mass is 10.1. The molecule has 1 atom stereocenters. The van der Waals surface area contributed by atoms with Crippen LogP contribution in [0, 0.1) is 0 Å². The number of carbonyl (C=O) groups excluding carboxylic acids is 1. The minimum Gasteiger partial charge on any atom is -0.355 e. The predicted octanol–water partition coefficient (Wildman–Crippen LogP) is 0.214. The number of amides is 1. The van der Waals surface area contributed by atoms with Gasteiger partial charge in [0.2, 0.25) is 5.91 Å². The second kappa shape index (κ2) is 5.09. The predicted molar refractivity (Wildman–Crippen MR) is 44.6 cm³/mol. The van der Waals surface area contributed by atoms with Crippen molar-refractivity contribution in [1.29, 1.82) is 0 Å². The molecule has 3 nitrogen and oxygen atoms in total. The lowest BCUT2D eigenvalue weighted by molar-refractivity contribution is -0.122. The van der Waals surface area contributed by atoms with E-state index in [0.29, 0.717) is 32.0 Å². The van der Waals surface area contributed by atoms with Crippen LogP contribution in [0.15, 0.2) is 0 Å². The van der Waals surface area contributed by atoms with E-state index in [4.69, 9.17) is 0 Å². The zero-order valence-corrected chi connectivity index (χ0v) is 7.11. The molecule has 1 aliphatic rings. The molecular formula is C8H15FN2O. The number of rotatable bonds is 4. The van der Waals surface area contributed by atoms with Crippen LogP contribution >= 0.6 is 0 Å². The largest absolute Gasteiger partial charge is 0.355 e. The van der Waals surface area contributed by atoms with Crippen LogP contribution < -0.4 is 10.6 Å². The molecule has 4 heteroatoms. The lowest BCUT2D eigenvalue weighted by Gasteiger charge is -2.23. The summed E-state index contributed by atoms with van der Waals surface area (Å²) in [6.45, 7) is 1.12. The summed E-state index contributed by atoms with van der Waals surface area (Å²) in [4.78, 5) is 10.7. The van der Waals surface area contributed by atoms with Gasteiger partial charge in [-0.05, 0) is 19.4 Å². The van der Waals surface area contributed by atoms with Gasteiger partial charge in [0.05, 0.1) is 6.67 Å². The van der Waals surface area contributed by atoms with Crippen LogP contribution in [0.25, 0.3) is 0 Å². The Hall–Kier alpha value is -0.640. The maximum Gasteiger partial charge on any atom is 0.220 e. The standard InChI is InChI=1S/C8H15FN2O/c9-4-1-5-10-7-2-3-8(12)11-6-7/h7,10H,1-6H2,(H,11,12). The van der Waals surface area contributed by atoms with Gasteiger partial charge in [-0.3, -0.25) is 9.18 Å². The van der Waals surface area contributed by atoms with E-state index in [1.807, 2.05) is 0 Å². The number of alkyl halides is 1. The van der Waals surface area contributed by atoms with E-state index in [9.17, 15) is 9.18 Å². The zero-order valence-electron chi connectivity index (χ0n) is 7.11. The van der Waals surface area contributed by atoms with Crippen LogP contribution in [-0.4, -0.2) is 31.7 Å². The molecule has 0 saturated carbocycles. The minimum absolute atomic E-state index is 0.124. The van der Waals surface area contributed by atoms with Crippen LogP contribution in [0.4, 0.5) is 4.39 Å². The number of hydrogen-bond acceptors (Lipinski definition) is 2. The minimum atomic E-state index is -0.272. The van der Waals surface area contributed by atoms with Crippen molar-refractivity contribution in [3.05, 3.63) is 0 Å². The van der Waals surface area contributed by atoms with E-state index in [1.165, 1.54) is 0 Å². The van der Waals surface area contributed by atoms with Crippen molar-refractivity contribution >= 4 is 5.91 Å². The monoisotopic (exact) mass is 174 g/mol. The highest BCUT2D eigenvalue weighted by Crippen LogP contribution is 2.02. The highest BCUT2D eigenvalue weighted by molar-refractivity contribution is 5.76. The molecule has 1 heterocycles. The fourth-order valence-electron chi connectivity index (χ4n) is 1.28. The normalized spacial score (nSPS) is 23.8. The quantitative estimate of drug-likeness (QED) is 0.598. The summed E-state index contributed by atoms with van der Waals surface area (Å²) in [6, 6.07) is 0.342. The zero-order chi connectivity index (χ0) is 8.81. The SMILES string of the molecule is O=C1CCC(NCCCF)CN1. The Kier molecular flexibility index (Phi) is 4.00. The Bertz CT molecular complexity index is 142. The average molecular weight is 174 g/mol. The number of piperidine rings is 1. The first-order chi connectivity index (χ1) is 5.83. The van der Waals surface area contributed by atoms with Gasteiger partial charge >= 0.3 is 0 Å². The van der Waals surface area contributed by atoms with Gasteiger partial charge in [0.15, 0.2) is 0 Å². The van der Waals surface area contributed by atoms with Crippen molar-refractivity contribution in [2.24, 2.45) is 0 Å². The van der Waals surface area contributed by atoms with Crippen molar-refractivity contribution < 1.29 is 9.18 Å². The Labute approximate surface area is 71.7 Å². The first-order valence-electron chi connectivity index (χ1n) is 4.39. The maximum atomic E-state index is 11.7. The van der Waals surface area contributed by atoms with Crippen molar-refractivity contribution in [1.82, 2.24) is 10.6 Å². The van der Waals surface area contributed by atoms with Gasteiger partial charge in [-0.15, -0.1) is 0 Å². The first kappa shape index (κ1) is 9.45. The number of carbonyl (C=O) groups is 1. The molecule has 0 aliphatic carbocycles. The molecule has 12 heavy (non-hydrogen) atoms.